The van der Waals surface area contributed by atoms with Gasteiger partial charge < -0.3 is 35.0 Å². The van der Waals surface area contributed by atoms with Gasteiger partial charge in [0.1, 0.15) is 13.0 Å². The second-order valence-corrected chi connectivity index (χ2v) is 5.29. The number of aryl methyl sites for hydroxylation is 2. The zero-order valence-electron chi connectivity index (χ0n) is 13.5. The van der Waals surface area contributed by atoms with Gasteiger partial charge in [0.15, 0.2) is 31.3 Å². The Morgan fingerprint density at radius 3 is 1.52 bits per heavy atom. The van der Waals surface area contributed by atoms with Crippen LogP contribution in [0, 0.1) is 0 Å². The number of hydrogen-bond acceptors (Lipinski definition) is 2. The van der Waals surface area contributed by atoms with Crippen LogP contribution < -0.4 is 33.9 Å². The molecule has 2 rings (SSSR count). The first-order valence-electron chi connectivity index (χ1n) is 7.47. The van der Waals surface area contributed by atoms with Gasteiger partial charge >= 0.3 is 11.9 Å². The predicted molar refractivity (Wildman–Crippen MR) is 81.4 cm³/mol. The maximum Gasteiger partial charge on any atom is 0.309 e. The standard InChI is InChI=1S/C17H18N2O4.2ClH/c20-16(21)2-1-8-18-9-3-14(4-10-18)15-5-11-19(12-6-15)13-7-17(22)23;;/h3-6,9-12H,1-2,7-8,13H2;2*1H. The van der Waals surface area contributed by atoms with E-state index in [1.807, 2.05) is 58.2 Å². The van der Waals surface area contributed by atoms with E-state index < -0.39 is 11.9 Å². The summed E-state index contributed by atoms with van der Waals surface area (Å²) in [6.07, 6.45) is 8.48. The predicted octanol–water partition coefficient (Wildman–Crippen LogP) is -4.72. The van der Waals surface area contributed by atoms with E-state index in [2.05, 4.69) is 0 Å². The maximum atomic E-state index is 10.6. The Bertz CT molecular complexity index is 676. The van der Waals surface area contributed by atoms with Gasteiger partial charge in [-0.3, -0.25) is 9.59 Å². The number of aliphatic carboxylic acids is 2. The zero-order chi connectivity index (χ0) is 16.7. The first-order valence-corrected chi connectivity index (χ1v) is 7.47. The van der Waals surface area contributed by atoms with Crippen LogP contribution in [-0.4, -0.2) is 22.2 Å². The summed E-state index contributed by atoms with van der Waals surface area (Å²) >= 11 is 0. The highest BCUT2D eigenvalue weighted by Crippen LogP contribution is 2.15. The molecule has 0 bridgehead atoms. The Morgan fingerprint density at radius 2 is 1.12 bits per heavy atom. The van der Waals surface area contributed by atoms with Crippen molar-refractivity contribution in [3.8, 4) is 11.1 Å². The van der Waals surface area contributed by atoms with Gasteiger partial charge in [-0.2, -0.15) is 0 Å². The van der Waals surface area contributed by atoms with Gasteiger partial charge in [0, 0.05) is 30.7 Å². The van der Waals surface area contributed by atoms with E-state index >= 15 is 0 Å². The summed E-state index contributed by atoms with van der Waals surface area (Å²) in [6.45, 7) is 1.13. The normalized spacial score (nSPS) is 9.60. The molecule has 0 spiro atoms. The first-order chi connectivity index (χ1) is 11.0. The Morgan fingerprint density at radius 1 is 0.720 bits per heavy atom. The SMILES string of the molecule is O=C(O)CCC[n+]1ccc(-c2cc[n+](CCC(=O)O)cc2)cc1.[Cl-].[Cl-]. The van der Waals surface area contributed by atoms with Gasteiger partial charge in [-0.25, -0.2) is 9.13 Å². The van der Waals surface area contributed by atoms with Crippen molar-refractivity contribution in [3.05, 3.63) is 49.1 Å². The fourth-order valence-electron chi connectivity index (χ4n) is 2.24. The molecule has 0 saturated heterocycles. The van der Waals surface area contributed by atoms with Gasteiger partial charge in [0.05, 0.1) is 6.42 Å². The van der Waals surface area contributed by atoms with Gasteiger partial charge in [-0.15, -0.1) is 0 Å². The number of carboxylic acid groups (broad SMARTS) is 2. The zero-order valence-corrected chi connectivity index (χ0v) is 15.0. The van der Waals surface area contributed by atoms with Crippen molar-refractivity contribution < 1.29 is 53.8 Å². The van der Waals surface area contributed by atoms with Crippen LogP contribution in [-0.2, 0) is 22.7 Å². The van der Waals surface area contributed by atoms with Crippen LogP contribution in [0.2, 0.25) is 0 Å². The number of carbonyl (C=O) groups is 2. The minimum Gasteiger partial charge on any atom is -1.00 e. The highest BCUT2D eigenvalue weighted by molar-refractivity contribution is 5.66. The molecule has 0 aliphatic rings. The molecular formula is C17H20Cl2N2O4. The van der Waals surface area contributed by atoms with Crippen molar-refractivity contribution in [2.45, 2.75) is 32.4 Å². The lowest BCUT2D eigenvalue weighted by Crippen LogP contribution is -3.00. The third-order valence-corrected chi connectivity index (χ3v) is 3.51. The fraction of sp³-hybridized carbons (Fsp3) is 0.294. The van der Waals surface area contributed by atoms with E-state index in [9.17, 15) is 9.59 Å². The molecule has 0 aliphatic carbocycles. The molecule has 2 aromatic heterocycles. The summed E-state index contributed by atoms with van der Waals surface area (Å²) in [5.41, 5.74) is 2.11. The molecule has 2 N–H and O–H groups in total. The molecular weight excluding hydrogens is 367 g/mol. The molecule has 6 nitrogen and oxygen atoms in total. The van der Waals surface area contributed by atoms with Gasteiger partial charge in [-0.1, -0.05) is 0 Å². The number of halogens is 2. The third-order valence-electron chi connectivity index (χ3n) is 3.51. The van der Waals surface area contributed by atoms with E-state index in [0.29, 0.717) is 19.5 Å². The smallest absolute Gasteiger partial charge is 0.309 e. The topological polar surface area (TPSA) is 82.4 Å². The van der Waals surface area contributed by atoms with Crippen LogP contribution in [0.5, 0.6) is 0 Å². The number of nitrogens with zero attached hydrogens (tertiary/aromatic N) is 2. The first kappa shape index (κ1) is 22.8. The third kappa shape index (κ3) is 7.96. The number of carboxylic acids is 2. The fourth-order valence-corrected chi connectivity index (χ4v) is 2.24. The Balaban J connectivity index is 0.00000288. The van der Waals surface area contributed by atoms with Gasteiger partial charge in [0.25, 0.3) is 0 Å². The quantitative estimate of drug-likeness (QED) is 0.446. The van der Waals surface area contributed by atoms with E-state index in [1.54, 1.807) is 0 Å². The lowest BCUT2D eigenvalue weighted by atomic mass is 10.1. The minimum absolute atomic E-state index is 0. The van der Waals surface area contributed by atoms with E-state index in [1.165, 1.54) is 0 Å². The van der Waals surface area contributed by atoms with Crippen LogP contribution in [0.4, 0.5) is 0 Å². The minimum atomic E-state index is -0.808. The Labute approximate surface area is 158 Å². The van der Waals surface area contributed by atoms with Gasteiger partial charge in [-0.05, 0) is 11.1 Å². The lowest BCUT2D eigenvalue weighted by molar-refractivity contribution is -0.697. The summed E-state index contributed by atoms with van der Waals surface area (Å²) in [7, 11) is 0. The summed E-state index contributed by atoms with van der Waals surface area (Å²) in [5.74, 6) is -1.58. The van der Waals surface area contributed by atoms with Crippen molar-refractivity contribution in [2.75, 3.05) is 0 Å². The van der Waals surface area contributed by atoms with Crippen molar-refractivity contribution in [1.82, 2.24) is 0 Å². The van der Waals surface area contributed by atoms with Crippen LogP contribution in [0.3, 0.4) is 0 Å². The summed E-state index contributed by atoms with van der Waals surface area (Å²) < 4.78 is 3.80. The Hall–Kier alpha value is -2.18. The average Bonchev–Trinajstić information content (AvgIpc) is 2.54. The largest absolute Gasteiger partial charge is 1.00 e. The summed E-state index contributed by atoms with van der Waals surface area (Å²) in [4.78, 5) is 21.1. The van der Waals surface area contributed by atoms with Crippen LogP contribution >= 0.6 is 0 Å². The highest BCUT2D eigenvalue weighted by Gasteiger charge is 2.08. The molecule has 0 atom stereocenters. The Kier molecular flexibility index (Phi) is 10.4. The molecule has 0 unspecified atom stereocenters. The molecule has 25 heavy (non-hydrogen) atoms. The lowest BCUT2D eigenvalue weighted by Gasteiger charge is -2.01. The second-order valence-electron chi connectivity index (χ2n) is 5.29. The number of aromatic nitrogens is 2. The van der Waals surface area contributed by atoms with Crippen LogP contribution in [0.25, 0.3) is 11.1 Å². The molecule has 2 heterocycles. The molecule has 0 radical (unpaired) electrons. The molecule has 0 fully saturated rings. The summed E-state index contributed by atoms with van der Waals surface area (Å²) in [6, 6.07) is 7.87. The van der Waals surface area contributed by atoms with E-state index in [4.69, 9.17) is 10.2 Å². The van der Waals surface area contributed by atoms with Crippen molar-refractivity contribution >= 4 is 11.9 Å². The second kappa shape index (κ2) is 11.4. The van der Waals surface area contributed by atoms with Crippen molar-refractivity contribution in [2.24, 2.45) is 0 Å². The number of pyridine rings is 2. The average molecular weight is 387 g/mol. The molecule has 8 heteroatoms. The molecule has 0 aliphatic heterocycles. The van der Waals surface area contributed by atoms with Crippen LogP contribution in [0.1, 0.15) is 19.3 Å². The van der Waals surface area contributed by atoms with E-state index in [0.717, 1.165) is 11.1 Å². The molecule has 0 aromatic carbocycles. The summed E-state index contributed by atoms with van der Waals surface area (Å²) in [5, 5.41) is 17.3. The molecule has 136 valence electrons. The number of rotatable bonds is 8. The number of hydrogen-bond donors (Lipinski definition) is 2. The van der Waals surface area contributed by atoms with Crippen LogP contribution in [0.15, 0.2) is 49.1 Å². The van der Waals surface area contributed by atoms with Gasteiger partial charge in [0.2, 0.25) is 0 Å². The van der Waals surface area contributed by atoms with Crippen molar-refractivity contribution in [3.63, 3.8) is 0 Å². The maximum absolute atomic E-state index is 10.6. The monoisotopic (exact) mass is 386 g/mol. The van der Waals surface area contributed by atoms with E-state index in [-0.39, 0.29) is 37.7 Å². The van der Waals surface area contributed by atoms with Crippen molar-refractivity contribution in [1.29, 1.82) is 0 Å². The molecule has 0 amide bonds. The highest BCUT2D eigenvalue weighted by atomic mass is 35.5. The molecule has 2 aromatic rings. The molecule has 0 saturated carbocycles.